The van der Waals surface area contributed by atoms with Crippen molar-refractivity contribution in [1.29, 1.82) is 0 Å². The molecule has 4 nitrogen and oxygen atoms in total. The molecule has 0 bridgehead atoms. The quantitative estimate of drug-likeness (QED) is 0.268. The second kappa shape index (κ2) is 14.1. The fraction of sp³-hybridized carbons (Fsp3) is 0.562. The molecule has 0 saturated heterocycles. The van der Waals surface area contributed by atoms with Gasteiger partial charge in [-0.25, -0.2) is 0 Å². The number of nitrogens with zero attached hydrogens (tertiary/aromatic N) is 1. The number of hydrogen-bond acceptors (Lipinski definition) is 2. The smallest absolute Gasteiger partial charge is 0.191 e. The zero-order valence-electron chi connectivity index (χ0n) is 13.4. The molecule has 0 saturated carbocycles. The maximum atomic E-state index is 6.13. The van der Waals surface area contributed by atoms with E-state index in [1.165, 1.54) is 6.42 Å². The van der Waals surface area contributed by atoms with Gasteiger partial charge in [-0.3, -0.25) is 4.99 Å². The summed E-state index contributed by atoms with van der Waals surface area (Å²) < 4.78 is 5.50. The van der Waals surface area contributed by atoms with Gasteiger partial charge >= 0.3 is 0 Å². The van der Waals surface area contributed by atoms with Crippen molar-refractivity contribution < 1.29 is 4.74 Å². The Morgan fingerprint density at radius 3 is 2.59 bits per heavy atom. The lowest BCUT2D eigenvalue weighted by Gasteiger charge is -2.12. The van der Waals surface area contributed by atoms with Gasteiger partial charge in [0.05, 0.1) is 6.61 Å². The van der Waals surface area contributed by atoms with E-state index in [1.807, 2.05) is 24.3 Å². The molecule has 0 aliphatic carbocycles. The highest BCUT2D eigenvalue weighted by Crippen LogP contribution is 2.14. The summed E-state index contributed by atoms with van der Waals surface area (Å²) in [6.07, 6.45) is 3.15. The summed E-state index contributed by atoms with van der Waals surface area (Å²) >= 11 is 6.13. The molecule has 1 rings (SSSR count). The van der Waals surface area contributed by atoms with Crippen molar-refractivity contribution in [2.24, 2.45) is 4.99 Å². The minimum Gasteiger partial charge on any atom is -0.380 e. The molecule has 0 radical (unpaired) electrons. The van der Waals surface area contributed by atoms with E-state index in [-0.39, 0.29) is 24.0 Å². The summed E-state index contributed by atoms with van der Waals surface area (Å²) in [5.74, 6) is 0.793. The van der Waals surface area contributed by atoms with Gasteiger partial charge in [0, 0.05) is 31.8 Å². The number of aliphatic imine (C=N–C) groups is 1. The van der Waals surface area contributed by atoms with Gasteiger partial charge in [-0.05, 0) is 24.5 Å². The van der Waals surface area contributed by atoms with Crippen molar-refractivity contribution in [3.05, 3.63) is 34.9 Å². The molecule has 1 aromatic carbocycles. The molecule has 2 N–H and O–H groups in total. The number of nitrogens with one attached hydrogen (secondary N) is 2. The molecule has 1 aromatic rings. The van der Waals surface area contributed by atoms with Crippen LogP contribution < -0.4 is 10.6 Å². The van der Waals surface area contributed by atoms with E-state index in [2.05, 4.69) is 22.5 Å². The molecule has 0 aliphatic heterocycles. The molecule has 0 unspecified atom stereocenters. The lowest BCUT2D eigenvalue weighted by Crippen LogP contribution is -2.39. The summed E-state index contributed by atoms with van der Waals surface area (Å²) in [5.41, 5.74) is 1.14. The van der Waals surface area contributed by atoms with Crippen molar-refractivity contribution >= 4 is 41.5 Å². The van der Waals surface area contributed by atoms with E-state index in [0.29, 0.717) is 6.61 Å². The normalized spacial score (nSPS) is 11.0. The zero-order valence-corrected chi connectivity index (χ0v) is 16.5. The Labute approximate surface area is 156 Å². The number of ether oxygens (including phenoxy) is 1. The first-order chi connectivity index (χ1) is 10.3. The average Bonchev–Trinajstić information content (AvgIpc) is 2.50. The van der Waals surface area contributed by atoms with E-state index in [9.17, 15) is 0 Å². The minimum atomic E-state index is 0. The molecule has 0 fully saturated rings. The molecule has 22 heavy (non-hydrogen) atoms. The monoisotopic (exact) mass is 439 g/mol. The van der Waals surface area contributed by atoms with Gasteiger partial charge in [-0.2, -0.15) is 0 Å². The van der Waals surface area contributed by atoms with Crippen LogP contribution in [0.25, 0.3) is 0 Å². The van der Waals surface area contributed by atoms with Crippen LogP contribution in [0.3, 0.4) is 0 Å². The highest BCUT2D eigenvalue weighted by atomic mass is 127. The van der Waals surface area contributed by atoms with Gasteiger partial charge < -0.3 is 15.4 Å². The fourth-order valence-corrected chi connectivity index (χ4v) is 2.06. The van der Waals surface area contributed by atoms with Gasteiger partial charge in [0.25, 0.3) is 0 Å². The largest absolute Gasteiger partial charge is 0.380 e. The molecule has 0 atom stereocenters. The van der Waals surface area contributed by atoms with E-state index < -0.39 is 0 Å². The van der Waals surface area contributed by atoms with Crippen molar-refractivity contribution in [3.63, 3.8) is 0 Å². The van der Waals surface area contributed by atoms with Crippen molar-refractivity contribution in [1.82, 2.24) is 10.6 Å². The molecule has 0 aromatic heterocycles. The van der Waals surface area contributed by atoms with Gasteiger partial charge in [0.2, 0.25) is 0 Å². The maximum Gasteiger partial charge on any atom is 0.191 e. The summed E-state index contributed by atoms with van der Waals surface area (Å²) in [7, 11) is 1.77. The number of benzene rings is 1. The highest BCUT2D eigenvalue weighted by Gasteiger charge is 2.00. The van der Waals surface area contributed by atoms with Crippen LogP contribution in [0.5, 0.6) is 0 Å². The van der Waals surface area contributed by atoms with Crippen molar-refractivity contribution in [2.75, 3.05) is 33.4 Å². The number of unbranched alkanes of at least 4 members (excludes halogenated alkanes) is 1. The second-order valence-corrected chi connectivity index (χ2v) is 5.14. The summed E-state index contributed by atoms with van der Waals surface area (Å²) in [6.45, 7) is 5.24. The van der Waals surface area contributed by atoms with Crippen LogP contribution >= 0.6 is 35.6 Å². The predicted molar refractivity (Wildman–Crippen MR) is 106 cm³/mol. The number of halogens is 2. The maximum absolute atomic E-state index is 6.13. The Balaban J connectivity index is 0.00000441. The summed E-state index contributed by atoms with van der Waals surface area (Å²) in [4.78, 5) is 4.18. The predicted octanol–water partition coefficient (Wildman–Crippen LogP) is 3.48. The van der Waals surface area contributed by atoms with E-state index in [4.69, 9.17) is 16.3 Å². The van der Waals surface area contributed by atoms with Crippen LogP contribution in [0.15, 0.2) is 29.3 Å². The van der Waals surface area contributed by atoms with E-state index >= 15 is 0 Å². The molecule has 0 spiro atoms. The topological polar surface area (TPSA) is 45.6 Å². The van der Waals surface area contributed by atoms with E-state index in [1.54, 1.807) is 7.05 Å². The SMILES string of the molecule is CCCCOCCNC(=NC)NCCc1ccccc1Cl.I. The van der Waals surface area contributed by atoms with Crippen LogP contribution in [-0.2, 0) is 11.2 Å². The Morgan fingerprint density at radius 1 is 1.18 bits per heavy atom. The molecular weight excluding hydrogens is 413 g/mol. The average molecular weight is 440 g/mol. The fourth-order valence-electron chi connectivity index (χ4n) is 1.83. The third-order valence-corrected chi connectivity index (χ3v) is 3.42. The highest BCUT2D eigenvalue weighted by molar-refractivity contribution is 14.0. The molecular formula is C16H27ClIN3O. The van der Waals surface area contributed by atoms with Gasteiger partial charge in [-0.15, -0.1) is 24.0 Å². The lowest BCUT2D eigenvalue weighted by atomic mass is 10.1. The zero-order chi connectivity index (χ0) is 15.3. The van der Waals surface area contributed by atoms with Crippen molar-refractivity contribution in [3.8, 4) is 0 Å². The molecule has 126 valence electrons. The van der Waals surface area contributed by atoms with Crippen LogP contribution in [-0.4, -0.2) is 39.3 Å². The summed E-state index contributed by atoms with van der Waals surface area (Å²) in [5, 5.41) is 7.31. The number of guanidine groups is 1. The first-order valence-electron chi connectivity index (χ1n) is 7.53. The Kier molecular flexibility index (Phi) is 13.7. The van der Waals surface area contributed by atoms with Crippen molar-refractivity contribution in [2.45, 2.75) is 26.2 Å². The van der Waals surface area contributed by atoms with Crippen LogP contribution in [0, 0.1) is 0 Å². The minimum absolute atomic E-state index is 0. The molecule has 0 amide bonds. The summed E-state index contributed by atoms with van der Waals surface area (Å²) in [6, 6.07) is 7.90. The molecule has 0 heterocycles. The van der Waals surface area contributed by atoms with Gasteiger partial charge in [0.15, 0.2) is 5.96 Å². The first-order valence-corrected chi connectivity index (χ1v) is 7.91. The second-order valence-electron chi connectivity index (χ2n) is 4.73. The van der Waals surface area contributed by atoms with Crippen LogP contribution in [0.4, 0.5) is 0 Å². The Morgan fingerprint density at radius 2 is 1.91 bits per heavy atom. The van der Waals surface area contributed by atoms with E-state index in [0.717, 1.165) is 49.1 Å². The molecule has 0 aliphatic rings. The Hall–Kier alpha value is -0.530. The van der Waals surface area contributed by atoms with Gasteiger partial charge in [0.1, 0.15) is 0 Å². The molecule has 6 heteroatoms. The van der Waals surface area contributed by atoms with Crippen LogP contribution in [0.1, 0.15) is 25.3 Å². The number of rotatable bonds is 9. The standard InChI is InChI=1S/C16H26ClN3O.HI/c1-3-4-12-21-13-11-20-16(18-2)19-10-9-14-7-5-6-8-15(14)17;/h5-8H,3-4,9-13H2,1-2H3,(H2,18,19,20);1H. The third-order valence-electron chi connectivity index (χ3n) is 3.05. The van der Waals surface area contributed by atoms with Crippen LogP contribution in [0.2, 0.25) is 5.02 Å². The number of hydrogen-bond donors (Lipinski definition) is 2. The van der Waals surface area contributed by atoms with Gasteiger partial charge in [-0.1, -0.05) is 43.1 Å². The lowest BCUT2D eigenvalue weighted by molar-refractivity contribution is 0.136. The Bertz CT molecular complexity index is 430. The third kappa shape index (κ3) is 9.48. The first kappa shape index (κ1) is 21.5.